The SMILES string of the molecule is COc1ccc(-c2cc(-c3ccccn3)nc(-c3ccccn3)c2)cc1. The topological polar surface area (TPSA) is 47.9 Å². The average molecular weight is 339 g/mol. The van der Waals surface area contributed by atoms with Crippen molar-refractivity contribution in [3.8, 4) is 39.7 Å². The number of pyridine rings is 3. The quantitative estimate of drug-likeness (QED) is 0.531. The lowest BCUT2D eigenvalue weighted by Gasteiger charge is -2.10. The van der Waals surface area contributed by atoms with Gasteiger partial charge in [-0.25, -0.2) is 4.98 Å². The molecule has 4 heteroatoms. The molecule has 3 aromatic heterocycles. The van der Waals surface area contributed by atoms with E-state index in [9.17, 15) is 0 Å². The molecule has 0 saturated heterocycles. The van der Waals surface area contributed by atoms with Gasteiger partial charge < -0.3 is 4.74 Å². The van der Waals surface area contributed by atoms with Crippen molar-refractivity contribution in [2.24, 2.45) is 0 Å². The Morgan fingerprint density at radius 2 is 1.19 bits per heavy atom. The highest BCUT2D eigenvalue weighted by Gasteiger charge is 2.10. The van der Waals surface area contributed by atoms with Gasteiger partial charge in [0.25, 0.3) is 0 Å². The summed E-state index contributed by atoms with van der Waals surface area (Å²) in [5.74, 6) is 0.831. The van der Waals surface area contributed by atoms with Crippen LogP contribution in [0.4, 0.5) is 0 Å². The maximum atomic E-state index is 5.26. The molecule has 4 rings (SSSR count). The van der Waals surface area contributed by atoms with E-state index in [1.54, 1.807) is 19.5 Å². The number of hydrogen-bond donors (Lipinski definition) is 0. The first-order valence-corrected chi connectivity index (χ1v) is 8.33. The Morgan fingerprint density at radius 1 is 0.615 bits per heavy atom. The fourth-order valence-corrected chi connectivity index (χ4v) is 2.77. The Kier molecular flexibility index (Phi) is 4.39. The van der Waals surface area contributed by atoms with Crippen LogP contribution in [0, 0.1) is 0 Å². The first kappa shape index (κ1) is 16.0. The summed E-state index contributed by atoms with van der Waals surface area (Å²) >= 11 is 0. The second kappa shape index (κ2) is 7.15. The van der Waals surface area contributed by atoms with Gasteiger partial charge in [-0.15, -0.1) is 0 Å². The molecule has 0 aliphatic carbocycles. The van der Waals surface area contributed by atoms with E-state index in [0.29, 0.717) is 0 Å². The Labute approximate surface area is 152 Å². The largest absolute Gasteiger partial charge is 0.497 e. The molecule has 0 N–H and O–H groups in total. The lowest BCUT2D eigenvalue weighted by Crippen LogP contribution is -1.94. The first-order chi connectivity index (χ1) is 12.8. The Balaban J connectivity index is 1.87. The number of ether oxygens (including phenoxy) is 1. The Bertz CT molecular complexity index is 943. The standard InChI is InChI=1S/C22H17N3O/c1-26-18-10-8-16(9-11-18)17-14-21(19-6-2-4-12-23-19)25-22(15-17)20-7-3-5-13-24-20/h2-15H,1H3. The smallest absolute Gasteiger partial charge is 0.118 e. The van der Waals surface area contributed by atoms with Crippen molar-refractivity contribution in [3.05, 3.63) is 85.2 Å². The number of benzene rings is 1. The number of aromatic nitrogens is 3. The van der Waals surface area contributed by atoms with Crippen LogP contribution in [-0.4, -0.2) is 22.1 Å². The molecule has 0 amide bonds. The molecule has 0 fully saturated rings. The summed E-state index contributed by atoms with van der Waals surface area (Å²) in [5.41, 5.74) is 5.45. The highest BCUT2D eigenvalue weighted by molar-refractivity contribution is 5.74. The van der Waals surface area contributed by atoms with Crippen molar-refractivity contribution in [2.75, 3.05) is 7.11 Å². The monoisotopic (exact) mass is 339 g/mol. The number of methoxy groups -OCH3 is 1. The van der Waals surface area contributed by atoms with Gasteiger partial charge in [0, 0.05) is 12.4 Å². The fraction of sp³-hybridized carbons (Fsp3) is 0.0455. The van der Waals surface area contributed by atoms with Crippen molar-refractivity contribution in [3.63, 3.8) is 0 Å². The molecule has 4 aromatic rings. The van der Waals surface area contributed by atoms with Crippen LogP contribution in [0.15, 0.2) is 85.2 Å². The molecular formula is C22H17N3O. The van der Waals surface area contributed by atoms with Crippen molar-refractivity contribution in [1.29, 1.82) is 0 Å². The minimum atomic E-state index is 0.819. The van der Waals surface area contributed by atoms with Crippen LogP contribution in [0.3, 0.4) is 0 Å². The van der Waals surface area contributed by atoms with Gasteiger partial charge in [0.05, 0.1) is 29.9 Å². The predicted octanol–water partition coefficient (Wildman–Crippen LogP) is 4.88. The van der Waals surface area contributed by atoms with E-state index in [4.69, 9.17) is 9.72 Å². The van der Waals surface area contributed by atoms with Gasteiger partial charge in [0.2, 0.25) is 0 Å². The van der Waals surface area contributed by atoms with Crippen LogP contribution in [0.2, 0.25) is 0 Å². The number of rotatable bonds is 4. The van der Waals surface area contributed by atoms with E-state index in [-0.39, 0.29) is 0 Å². The summed E-state index contributed by atoms with van der Waals surface area (Å²) in [6.07, 6.45) is 3.55. The van der Waals surface area contributed by atoms with Gasteiger partial charge in [-0.05, 0) is 59.7 Å². The maximum Gasteiger partial charge on any atom is 0.118 e. The second-order valence-electron chi connectivity index (χ2n) is 5.78. The molecular weight excluding hydrogens is 322 g/mol. The highest BCUT2D eigenvalue weighted by Crippen LogP contribution is 2.29. The second-order valence-corrected chi connectivity index (χ2v) is 5.78. The third-order valence-corrected chi connectivity index (χ3v) is 4.10. The van der Waals surface area contributed by atoms with Gasteiger partial charge in [-0.2, -0.15) is 0 Å². The molecule has 0 spiro atoms. The normalized spacial score (nSPS) is 10.5. The zero-order valence-corrected chi connectivity index (χ0v) is 14.3. The zero-order chi connectivity index (χ0) is 17.8. The van der Waals surface area contributed by atoms with Crippen LogP contribution in [0.25, 0.3) is 33.9 Å². The van der Waals surface area contributed by atoms with Crippen LogP contribution < -0.4 is 4.74 Å². The summed E-state index contributed by atoms with van der Waals surface area (Å²) in [5, 5.41) is 0. The third-order valence-electron chi connectivity index (χ3n) is 4.10. The highest BCUT2D eigenvalue weighted by atomic mass is 16.5. The Morgan fingerprint density at radius 3 is 1.65 bits per heavy atom. The van der Waals surface area contributed by atoms with Gasteiger partial charge in [0.1, 0.15) is 5.75 Å². The van der Waals surface area contributed by atoms with E-state index in [1.807, 2.05) is 60.7 Å². The molecule has 4 nitrogen and oxygen atoms in total. The van der Waals surface area contributed by atoms with Crippen molar-refractivity contribution in [2.45, 2.75) is 0 Å². The fourth-order valence-electron chi connectivity index (χ4n) is 2.77. The van der Waals surface area contributed by atoms with Gasteiger partial charge in [-0.1, -0.05) is 24.3 Å². The lowest BCUT2D eigenvalue weighted by atomic mass is 10.0. The average Bonchev–Trinajstić information content (AvgIpc) is 2.75. The van der Waals surface area contributed by atoms with Crippen LogP contribution in [0.5, 0.6) is 5.75 Å². The predicted molar refractivity (Wildman–Crippen MR) is 103 cm³/mol. The van der Waals surface area contributed by atoms with Crippen LogP contribution >= 0.6 is 0 Å². The molecule has 0 radical (unpaired) electrons. The maximum absolute atomic E-state index is 5.26. The molecule has 0 saturated carbocycles. The van der Waals surface area contributed by atoms with Crippen LogP contribution in [0.1, 0.15) is 0 Å². The molecule has 26 heavy (non-hydrogen) atoms. The summed E-state index contributed by atoms with van der Waals surface area (Å²) in [4.78, 5) is 13.7. The number of nitrogens with zero attached hydrogens (tertiary/aromatic N) is 3. The molecule has 0 atom stereocenters. The lowest BCUT2D eigenvalue weighted by molar-refractivity contribution is 0.415. The van der Waals surface area contributed by atoms with Crippen molar-refractivity contribution < 1.29 is 4.74 Å². The molecule has 0 aliphatic rings. The third kappa shape index (κ3) is 3.30. The van der Waals surface area contributed by atoms with E-state index in [1.165, 1.54) is 0 Å². The van der Waals surface area contributed by atoms with Crippen molar-refractivity contribution in [1.82, 2.24) is 15.0 Å². The molecule has 0 aliphatic heterocycles. The van der Waals surface area contributed by atoms with Crippen LogP contribution in [-0.2, 0) is 0 Å². The minimum Gasteiger partial charge on any atom is -0.497 e. The zero-order valence-electron chi connectivity index (χ0n) is 14.3. The van der Waals surface area contributed by atoms with E-state index in [0.717, 1.165) is 39.7 Å². The summed E-state index contributed by atoms with van der Waals surface area (Å²) in [6, 6.07) is 23.7. The molecule has 0 bridgehead atoms. The van der Waals surface area contributed by atoms with Gasteiger partial charge in [-0.3, -0.25) is 9.97 Å². The van der Waals surface area contributed by atoms with E-state index in [2.05, 4.69) is 22.1 Å². The Hall–Kier alpha value is -3.53. The molecule has 3 heterocycles. The van der Waals surface area contributed by atoms with E-state index < -0.39 is 0 Å². The number of hydrogen-bond acceptors (Lipinski definition) is 4. The first-order valence-electron chi connectivity index (χ1n) is 8.33. The van der Waals surface area contributed by atoms with Gasteiger partial charge in [0.15, 0.2) is 0 Å². The molecule has 1 aromatic carbocycles. The minimum absolute atomic E-state index is 0.819. The van der Waals surface area contributed by atoms with Gasteiger partial charge >= 0.3 is 0 Å². The summed E-state index contributed by atoms with van der Waals surface area (Å²) in [7, 11) is 1.67. The van der Waals surface area contributed by atoms with E-state index >= 15 is 0 Å². The molecule has 126 valence electrons. The van der Waals surface area contributed by atoms with Crippen molar-refractivity contribution >= 4 is 0 Å². The molecule has 0 unspecified atom stereocenters. The summed E-state index contributed by atoms with van der Waals surface area (Å²) < 4.78 is 5.26. The summed E-state index contributed by atoms with van der Waals surface area (Å²) in [6.45, 7) is 0.